The van der Waals surface area contributed by atoms with Gasteiger partial charge in [-0.05, 0) is 39.7 Å². The van der Waals surface area contributed by atoms with E-state index in [1.165, 1.54) is 6.07 Å². The average molecular weight is 312 g/mol. The highest BCUT2D eigenvalue weighted by molar-refractivity contribution is 9.10. The van der Waals surface area contributed by atoms with Gasteiger partial charge in [0.1, 0.15) is 11.6 Å². The molecule has 0 bridgehead atoms. The second kappa shape index (κ2) is 5.46. The zero-order valence-electron chi connectivity index (χ0n) is 9.45. The Kier molecular flexibility index (Phi) is 3.93. The van der Waals surface area contributed by atoms with Crippen LogP contribution in [0.15, 0.2) is 39.2 Å². The number of furan rings is 1. The lowest BCUT2D eigenvalue weighted by molar-refractivity contribution is 0.0964. The minimum atomic E-state index is -0.387. The van der Waals surface area contributed by atoms with E-state index in [-0.39, 0.29) is 30.3 Å². The van der Waals surface area contributed by atoms with Crippen molar-refractivity contribution in [3.8, 4) is 0 Å². The van der Waals surface area contributed by atoms with Crippen molar-refractivity contribution < 1.29 is 13.6 Å². The van der Waals surface area contributed by atoms with E-state index in [0.29, 0.717) is 15.8 Å². The molecule has 0 amide bonds. The van der Waals surface area contributed by atoms with Crippen LogP contribution in [-0.2, 0) is 13.0 Å². The molecule has 2 aromatic rings. The summed E-state index contributed by atoms with van der Waals surface area (Å²) in [5.41, 5.74) is 5.99. The second-order valence-electron chi connectivity index (χ2n) is 3.78. The number of halogens is 2. The van der Waals surface area contributed by atoms with Crippen molar-refractivity contribution in [1.82, 2.24) is 0 Å². The highest BCUT2D eigenvalue weighted by atomic mass is 79.9. The Balaban J connectivity index is 2.18. The molecule has 3 nitrogen and oxygen atoms in total. The number of Topliss-reactive ketones (excluding diaryl/α,β-unsaturated/α-hetero) is 1. The fourth-order valence-corrected chi connectivity index (χ4v) is 1.99. The van der Waals surface area contributed by atoms with E-state index in [9.17, 15) is 9.18 Å². The van der Waals surface area contributed by atoms with E-state index in [1.807, 2.05) is 0 Å². The molecule has 5 heteroatoms. The minimum Gasteiger partial charge on any atom is -0.457 e. The van der Waals surface area contributed by atoms with Crippen LogP contribution in [0.3, 0.4) is 0 Å². The summed E-state index contributed by atoms with van der Waals surface area (Å²) in [7, 11) is 0. The number of ketones is 1. The first kappa shape index (κ1) is 13.0. The summed E-state index contributed by atoms with van der Waals surface area (Å²) in [5, 5.41) is 0. The van der Waals surface area contributed by atoms with E-state index < -0.39 is 0 Å². The van der Waals surface area contributed by atoms with Gasteiger partial charge in [-0.2, -0.15) is 0 Å². The number of hydrogen-bond acceptors (Lipinski definition) is 3. The lowest BCUT2D eigenvalue weighted by Gasteiger charge is -2.03. The van der Waals surface area contributed by atoms with Crippen LogP contribution in [0.5, 0.6) is 0 Å². The predicted molar refractivity (Wildman–Crippen MR) is 68.7 cm³/mol. The second-order valence-corrected chi connectivity index (χ2v) is 4.58. The molecule has 0 unspecified atom stereocenters. The van der Waals surface area contributed by atoms with Gasteiger partial charge in [-0.1, -0.05) is 12.1 Å². The molecule has 0 aliphatic carbocycles. The van der Waals surface area contributed by atoms with Crippen LogP contribution in [-0.4, -0.2) is 5.78 Å². The van der Waals surface area contributed by atoms with E-state index in [4.69, 9.17) is 10.2 Å². The Morgan fingerprint density at radius 3 is 2.78 bits per heavy atom. The molecule has 0 spiro atoms. The Morgan fingerprint density at radius 2 is 2.11 bits per heavy atom. The first-order valence-electron chi connectivity index (χ1n) is 5.36. The van der Waals surface area contributed by atoms with Crippen LogP contribution >= 0.6 is 15.9 Å². The summed E-state index contributed by atoms with van der Waals surface area (Å²) in [5.74, 6) is 0.201. The number of carbonyl (C=O) groups excluding carboxylic acids is 1. The zero-order valence-corrected chi connectivity index (χ0v) is 11.0. The van der Waals surface area contributed by atoms with Gasteiger partial charge in [0.2, 0.25) is 5.78 Å². The maximum atomic E-state index is 13.3. The van der Waals surface area contributed by atoms with Gasteiger partial charge < -0.3 is 10.2 Å². The number of carbonyl (C=O) groups is 1. The third-order valence-electron chi connectivity index (χ3n) is 2.52. The van der Waals surface area contributed by atoms with Gasteiger partial charge in [0, 0.05) is 6.42 Å². The van der Waals surface area contributed by atoms with Crippen molar-refractivity contribution in [2.45, 2.75) is 13.0 Å². The normalized spacial score (nSPS) is 10.6. The smallest absolute Gasteiger partial charge is 0.202 e. The number of nitrogens with two attached hydrogens (primary N) is 1. The molecule has 0 atom stereocenters. The van der Waals surface area contributed by atoms with Crippen LogP contribution in [0, 0.1) is 5.82 Å². The monoisotopic (exact) mass is 311 g/mol. The van der Waals surface area contributed by atoms with E-state index in [0.717, 1.165) is 0 Å². The Hall–Kier alpha value is -1.46. The van der Waals surface area contributed by atoms with Crippen molar-refractivity contribution in [2.24, 2.45) is 5.73 Å². The quantitative estimate of drug-likeness (QED) is 0.883. The van der Waals surface area contributed by atoms with E-state index >= 15 is 0 Å². The fourth-order valence-electron chi connectivity index (χ4n) is 1.58. The molecule has 1 aromatic carbocycles. The number of hydrogen-bond donors (Lipinski definition) is 1. The lowest BCUT2D eigenvalue weighted by atomic mass is 10.1. The third-order valence-corrected chi connectivity index (χ3v) is 3.41. The maximum absolute atomic E-state index is 13.3. The standard InChI is InChI=1S/C13H11BrFNO2/c14-13-8(2-1-3-10(13)15)6-11(17)12-5-4-9(7-16)18-12/h1-5H,6-7,16H2. The topological polar surface area (TPSA) is 56.2 Å². The molecule has 94 valence electrons. The minimum absolute atomic E-state index is 0.0792. The van der Waals surface area contributed by atoms with Crippen molar-refractivity contribution in [3.63, 3.8) is 0 Å². The van der Waals surface area contributed by atoms with Crippen LogP contribution in [0.4, 0.5) is 4.39 Å². The first-order valence-corrected chi connectivity index (χ1v) is 6.16. The Morgan fingerprint density at radius 1 is 1.33 bits per heavy atom. The molecule has 1 aromatic heterocycles. The summed E-state index contributed by atoms with van der Waals surface area (Å²) in [6, 6.07) is 7.83. The van der Waals surface area contributed by atoms with Gasteiger partial charge in [-0.3, -0.25) is 4.79 Å². The van der Waals surface area contributed by atoms with E-state index in [1.54, 1.807) is 24.3 Å². The highest BCUT2D eigenvalue weighted by Gasteiger charge is 2.14. The zero-order chi connectivity index (χ0) is 13.1. The Labute approximate surface area is 112 Å². The van der Waals surface area contributed by atoms with Crippen LogP contribution in [0.2, 0.25) is 0 Å². The van der Waals surface area contributed by atoms with Crippen molar-refractivity contribution >= 4 is 21.7 Å². The molecular weight excluding hydrogens is 301 g/mol. The molecule has 0 radical (unpaired) electrons. The van der Waals surface area contributed by atoms with Gasteiger partial charge in [0.15, 0.2) is 5.76 Å². The number of benzene rings is 1. The SMILES string of the molecule is NCc1ccc(C(=O)Cc2cccc(F)c2Br)o1. The Bertz CT molecular complexity index is 580. The van der Waals surface area contributed by atoms with Crippen molar-refractivity contribution in [2.75, 3.05) is 0 Å². The van der Waals surface area contributed by atoms with Crippen LogP contribution < -0.4 is 5.73 Å². The molecule has 0 fully saturated rings. The maximum Gasteiger partial charge on any atom is 0.202 e. The molecule has 2 rings (SSSR count). The molecule has 0 saturated carbocycles. The molecule has 0 saturated heterocycles. The van der Waals surface area contributed by atoms with E-state index in [2.05, 4.69) is 15.9 Å². The van der Waals surface area contributed by atoms with Gasteiger partial charge in [0.25, 0.3) is 0 Å². The summed E-state index contributed by atoms with van der Waals surface area (Å²) in [4.78, 5) is 11.9. The number of rotatable bonds is 4. The highest BCUT2D eigenvalue weighted by Crippen LogP contribution is 2.22. The van der Waals surface area contributed by atoms with Crippen molar-refractivity contribution in [1.29, 1.82) is 0 Å². The average Bonchev–Trinajstić information content (AvgIpc) is 2.83. The summed E-state index contributed by atoms with van der Waals surface area (Å²) in [6.45, 7) is 0.247. The fraction of sp³-hybridized carbons (Fsp3) is 0.154. The van der Waals surface area contributed by atoms with Crippen LogP contribution in [0.1, 0.15) is 21.9 Å². The van der Waals surface area contributed by atoms with Gasteiger partial charge in [-0.25, -0.2) is 4.39 Å². The first-order chi connectivity index (χ1) is 8.61. The molecule has 2 N–H and O–H groups in total. The summed E-state index contributed by atoms with van der Waals surface area (Å²) < 4.78 is 18.9. The predicted octanol–water partition coefficient (Wildman–Crippen LogP) is 3.07. The summed E-state index contributed by atoms with van der Waals surface area (Å²) in [6.07, 6.45) is 0.0792. The van der Waals surface area contributed by atoms with Gasteiger partial charge >= 0.3 is 0 Å². The van der Waals surface area contributed by atoms with Gasteiger partial charge in [0.05, 0.1) is 11.0 Å². The molecule has 0 aliphatic rings. The lowest BCUT2D eigenvalue weighted by Crippen LogP contribution is -2.03. The van der Waals surface area contributed by atoms with Crippen LogP contribution in [0.25, 0.3) is 0 Å². The molecule has 0 aliphatic heterocycles. The van der Waals surface area contributed by atoms with Gasteiger partial charge in [-0.15, -0.1) is 0 Å². The third kappa shape index (κ3) is 2.68. The molecule has 18 heavy (non-hydrogen) atoms. The largest absolute Gasteiger partial charge is 0.457 e. The molecular formula is C13H11BrFNO2. The van der Waals surface area contributed by atoms with Crippen molar-refractivity contribution in [3.05, 3.63) is 57.7 Å². The summed E-state index contributed by atoms with van der Waals surface area (Å²) >= 11 is 3.12. The molecule has 1 heterocycles.